The van der Waals surface area contributed by atoms with Crippen molar-refractivity contribution in [2.24, 2.45) is 0 Å². The van der Waals surface area contributed by atoms with Crippen molar-refractivity contribution in [3.8, 4) is 22.3 Å². The second-order valence-corrected chi connectivity index (χ2v) is 12.8. The number of unbranched alkanes of at least 4 members (excludes halogenated alkanes) is 2. The van der Waals surface area contributed by atoms with Gasteiger partial charge in [-0.25, -0.2) is 23.6 Å². The third-order valence-corrected chi connectivity index (χ3v) is 9.21. The second-order valence-electron chi connectivity index (χ2n) is 12.8. The number of hydrogen-bond acceptors (Lipinski definition) is 6. The largest absolute Gasteiger partial charge is 0.428 e. The fourth-order valence-corrected chi connectivity index (χ4v) is 6.39. The molecule has 0 fully saturated rings. The molecule has 0 spiro atoms. The van der Waals surface area contributed by atoms with Gasteiger partial charge in [0.05, 0.1) is 11.0 Å². The maximum absolute atomic E-state index is 13.3. The van der Waals surface area contributed by atoms with Crippen LogP contribution < -0.4 is 22.1 Å². The van der Waals surface area contributed by atoms with Gasteiger partial charge in [0.2, 0.25) is 0 Å². The molecule has 2 amide bonds. The molecule has 2 aromatic heterocycles. The van der Waals surface area contributed by atoms with Crippen molar-refractivity contribution in [2.45, 2.75) is 38.5 Å². The van der Waals surface area contributed by atoms with Gasteiger partial charge in [-0.1, -0.05) is 78.9 Å². The van der Waals surface area contributed by atoms with Crippen LogP contribution in [0.4, 0.5) is 14.0 Å². The van der Waals surface area contributed by atoms with Gasteiger partial charge < -0.3 is 19.5 Å². The first-order valence-electron chi connectivity index (χ1n) is 17.6. The highest BCUT2D eigenvalue weighted by Crippen LogP contribution is 2.26. The lowest BCUT2D eigenvalue weighted by Crippen LogP contribution is -2.34. The number of carbonyl (C=O) groups excluding carboxylic acids is 2. The Morgan fingerprint density at radius 2 is 0.962 bits per heavy atom. The van der Waals surface area contributed by atoms with Crippen molar-refractivity contribution in [3.05, 3.63) is 153 Å². The molecular formula is C42H37FN4O6. The van der Waals surface area contributed by atoms with Crippen molar-refractivity contribution in [1.29, 1.82) is 0 Å². The molecule has 2 heterocycles. The number of hydrogen-bond donors (Lipinski definition) is 2. The van der Waals surface area contributed by atoms with E-state index in [1.54, 1.807) is 42.5 Å². The van der Waals surface area contributed by atoms with E-state index < -0.39 is 23.6 Å². The zero-order chi connectivity index (χ0) is 36.7. The number of nitrogens with zero attached hydrogens (tertiary/aromatic N) is 2. The fraction of sp³-hybridized carbons (Fsp3) is 0.190. The summed E-state index contributed by atoms with van der Waals surface area (Å²) in [6.07, 6.45) is 4.92. The minimum atomic E-state index is -0.779. The number of carbonyl (C=O) groups is 2. The Morgan fingerprint density at radius 3 is 1.45 bits per heavy atom. The third-order valence-electron chi connectivity index (χ3n) is 9.21. The van der Waals surface area contributed by atoms with E-state index in [0.29, 0.717) is 36.1 Å². The van der Waals surface area contributed by atoms with E-state index >= 15 is 0 Å². The van der Waals surface area contributed by atoms with Crippen molar-refractivity contribution in [2.75, 3.05) is 13.1 Å². The first-order chi connectivity index (χ1) is 25.8. The van der Waals surface area contributed by atoms with E-state index in [9.17, 15) is 23.6 Å². The summed E-state index contributed by atoms with van der Waals surface area (Å²) in [6, 6.07) is 33.5. The van der Waals surface area contributed by atoms with Crippen LogP contribution in [-0.4, -0.2) is 34.3 Å². The zero-order valence-electron chi connectivity index (χ0n) is 28.8. The van der Waals surface area contributed by atoms with E-state index in [-0.39, 0.29) is 11.4 Å². The average molecular weight is 713 g/mol. The van der Waals surface area contributed by atoms with E-state index in [1.807, 2.05) is 48.5 Å². The highest BCUT2D eigenvalue weighted by molar-refractivity contribution is 5.91. The van der Waals surface area contributed by atoms with Gasteiger partial charge in [0.1, 0.15) is 5.82 Å². The predicted molar refractivity (Wildman–Crippen MR) is 202 cm³/mol. The number of rotatable bonds is 12. The molecule has 2 N–H and O–H groups in total. The number of benzene rings is 5. The minimum Gasteiger partial charge on any atom is -0.407 e. The van der Waals surface area contributed by atoms with Crippen LogP contribution in [0.5, 0.6) is 0 Å². The quantitative estimate of drug-likeness (QED) is 0.123. The summed E-state index contributed by atoms with van der Waals surface area (Å²) in [6.45, 7) is 0.831. The van der Waals surface area contributed by atoms with E-state index in [4.69, 9.17) is 8.83 Å². The summed E-state index contributed by atoms with van der Waals surface area (Å²) in [5, 5.41) is 5.63. The van der Waals surface area contributed by atoms with Crippen molar-refractivity contribution in [1.82, 2.24) is 19.8 Å². The van der Waals surface area contributed by atoms with Gasteiger partial charge >= 0.3 is 23.6 Å². The Kier molecular flexibility index (Phi) is 10.4. The third kappa shape index (κ3) is 8.04. The van der Waals surface area contributed by atoms with Gasteiger partial charge in [0, 0.05) is 13.1 Å². The van der Waals surface area contributed by atoms with Crippen molar-refractivity contribution < 1.29 is 22.8 Å². The maximum atomic E-state index is 13.3. The minimum absolute atomic E-state index is 0.266. The molecule has 7 rings (SSSR count). The Morgan fingerprint density at radius 1 is 0.528 bits per heavy atom. The SMILES string of the molecule is O=C(NCCCCc1ccc(-c2ccc3c(c2)oc(=O)n3C(=O)NCCCCc2ccccc2)cc1)n1c(=O)oc2cc(-c3ccc(F)cc3)ccc21. The molecule has 10 nitrogen and oxygen atoms in total. The number of fused-ring (bicyclic) bond motifs is 2. The molecule has 11 heteroatoms. The van der Waals surface area contributed by atoms with E-state index in [1.165, 1.54) is 17.7 Å². The summed E-state index contributed by atoms with van der Waals surface area (Å²) in [7, 11) is 0. The normalized spacial score (nSPS) is 11.3. The highest BCUT2D eigenvalue weighted by atomic mass is 19.1. The van der Waals surface area contributed by atoms with Gasteiger partial charge in [-0.05, 0) is 108 Å². The summed E-state index contributed by atoms with van der Waals surface area (Å²) in [5.74, 6) is -1.85. The highest BCUT2D eigenvalue weighted by Gasteiger charge is 2.18. The molecule has 268 valence electrons. The van der Waals surface area contributed by atoms with Crippen LogP contribution in [-0.2, 0) is 12.8 Å². The molecule has 53 heavy (non-hydrogen) atoms. The zero-order valence-corrected chi connectivity index (χ0v) is 28.8. The molecule has 0 saturated carbocycles. The van der Waals surface area contributed by atoms with Gasteiger partial charge in [0.25, 0.3) is 0 Å². The summed E-state index contributed by atoms with van der Waals surface area (Å²) < 4.78 is 26.1. The molecule has 7 aromatic rings. The Labute approximate surface area is 303 Å². The van der Waals surface area contributed by atoms with Crippen LogP contribution in [0.3, 0.4) is 0 Å². The van der Waals surface area contributed by atoms with Crippen LogP contribution in [0.15, 0.2) is 134 Å². The molecule has 0 atom stereocenters. The Balaban J connectivity index is 0.884. The standard InChI is InChI=1S/C42H37FN4O6/c43-34-20-16-31(17-21-34)33-19-23-36-38(27-33)53-42(51)47(36)40(49)45-25-7-5-11-29-12-14-30(15-13-29)32-18-22-35-37(26-32)52-41(50)46(35)39(48)44-24-6-4-10-28-8-2-1-3-9-28/h1-3,8-9,12-23,26-27H,4-7,10-11,24-25H2,(H,44,48)(H,45,49). The monoisotopic (exact) mass is 712 g/mol. The van der Waals surface area contributed by atoms with Crippen molar-refractivity contribution in [3.63, 3.8) is 0 Å². The number of amides is 2. The number of aromatic nitrogens is 2. The number of nitrogens with one attached hydrogen (secondary N) is 2. The first-order valence-corrected chi connectivity index (χ1v) is 17.6. The van der Waals surface area contributed by atoms with Gasteiger partial charge in [0.15, 0.2) is 11.2 Å². The summed E-state index contributed by atoms with van der Waals surface area (Å²) in [5.41, 5.74) is 7.00. The van der Waals surface area contributed by atoms with Crippen LogP contribution in [0.2, 0.25) is 0 Å². The lowest BCUT2D eigenvalue weighted by atomic mass is 10.0. The predicted octanol–water partition coefficient (Wildman–Crippen LogP) is 8.14. The second kappa shape index (κ2) is 15.8. The average Bonchev–Trinajstić information content (AvgIpc) is 3.69. The first kappa shape index (κ1) is 34.9. The molecule has 0 bridgehead atoms. The molecule has 0 aliphatic rings. The topological polar surface area (TPSA) is 128 Å². The van der Waals surface area contributed by atoms with E-state index in [2.05, 4.69) is 22.8 Å². The molecular weight excluding hydrogens is 675 g/mol. The smallest absolute Gasteiger partial charge is 0.407 e. The van der Waals surface area contributed by atoms with E-state index in [0.717, 1.165) is 69.1 Å². The summed E-state index contributed by atoms with van der Waals surface area (Å²) in [4.78, 5) is 50.9. The van der Waals surface area contributed by atoms with Gasteiger partial charge in [-0.3, -0.25) is 0 Å². The van der Waals surface area contributed by atoms with Crippen LogP contribution in [0.25, 0.3) is 44.5 Å². The molecule has 0 unspecified atom stereocenters. The number of aryl methyl sites for hydroxylation is 2. The van der Waals surface area contributed by atoms with Crippen LogP contribution in [0, 0.1) is 5.82 Å². The van der Waals surface area contributed by atoms with Crippen LogP contribution in [0.1, 0.15) is 36.8 Å². The Hall–Kier alpha value is -6.49. The lowest BCUT2D eigenvalue weighted by Gasteiger charge is -2.07. The molecule has 0 saturated heterocycles. The lowest BCUT2D eigenvalue weighted by molar-refractivity contribution is 0.240. The maximum Gasteiger partial charge on any atom is 0.428 e. The van der Waals surface area contributed by atoms with Gasteiger partial charge in [-0.2, -0.15) is 9.13 Å². The molecule has 0 aliphatic carbocycles. The Bertz CT molecular complexity index is 2500. The molecule has 5 aromatic carbocycles. The van der Waals surface area contributed by atoms with Crippen molar-refractivity contribution >= 4 is 34.3 Å². The van der Waals surface area contributed by atoms with Gasteiger partial charge in [-0.15, -0.1) is 0 Å². The van der Waals surface area contributed by atoms with Crippen LogP contribution >= 0.6 is 0 Å². The fourth-order valence-electron chi connectivity index (χ4n) is 6.39. The molecule has 0 radical (unpaired) electrons. The molecule has 0 aliphatic heterocycles. The summed E-state index contributed by atoms with van der Waals surface area (Å²) >= 11 is 0. The number of halogens is 1. The number of oxazole rings is 2.